The van der Waals surface area contributed by atoms with Crippen LogP contribution in [0.25, 0.3) is 10.8 Å². The van der Waals surface area contributed by atoms with Crippen LogP contribution in [0.1, 0.15) is 129 Å². The van der Waals surface area contributed by atoms with E-state index in [2.05, 4.69) is 63.3 Å². The number of ether oxygens (including phenoxy) is 2. The van der Waals surface area contributed by atoms with E-state index >= 15 is 0 Å². The molecule has 8 bridgehead atoms. The fourth-order valence-corrected chi connectivity index (χ4v) is 22.9. The number of aliphatic hydroxyl groups is 2. The zero-order valence-electron chi connectivity index (χ0n) is 35.1. The topological polar surface area (TPSA) is 88.0 Å². The molecule has 9 saturated carbocycles. The van der Waals surface area contributed by atoms with Crippen molar-refractivity contribution in [3.8, 4) is 11.5 Å². The number of rotatable bonds is 5. The molecule has 0 saturated heterocycles. The van der Waals surface area contributed by atoms with Gasteiger partial charge in [-0.2, -0.15) is 0 Å². The highest BCUT2D eigenvalue weighted by atomic mass is 16.5. The van der Waals surface area contributed by atoms with Crippen LogP contribution in [0.15, 0.2) is 30.3 Å². The molecule has 3 aromatic carbocycles. The first kappa shape index (κ1) is 33.6. The van der Waals surface area contributed by atoms with Crippen LogP contribution < -0.4 is 14.8 Å². The second-order valence-electron chi connectivity index (χ2n) is 23.4. The fraction of sp³-hybridized carbons (Fsp3) is 0.673. The van der Waals surface area contributed by atoms with Crippen LogP contribution in [0.4, 0.5) is 5.69 Å². The maximum absolute atomic E-state index is 12.0. The lowest BCUT2D eigenvalue weighted by Gasteiger charge is -2.84. The lowest BCUT2D eigenvalue weighted by Crippen LogP contribution is -2.81. The number of nitrogens with one attached hydrogen (secondary N) is 1. The smallest absolute Gasteiger partial charge is 0.221 e. The van der Waals surface area contributed by atoms with E-state index in [9.17, 15) is 15.0 Å². The number of aliphatic hydroxyl groups excluding tert-OH is 2. The van der Waals surface area contributed by atoms with E-state index < -0.39 is 0 Å². The minimum Gasteiger partial charge on any atom is -0.496 e. The van der Waals surface area contributed by atoms with Crippen LogP contribution in [0.5, 0.6) is 11.5 Å². The highest BCUT2D eigenvalue weighted by molar-refractivity contribution is 5.99. The Hall–Kier alpha value is -3.09. The zero-order valence-corrected chi connectivity index (χ0v) is 35.1. The van der Waals surface area contributed by atoms with E-state index in [0.29, 0.717) is 81.8 Å². The summed E-state index contributed by atoms with van der Waals surface area (Å²) in [4.78, 5) is 12.0. The second kappa shape index (κ2) is 9.67. The van der Waals surface area contributed by atoms with Gasteiger partial charge in [-0.25, -0.2) is 0 Å². The van der Waals surface area contributed by atoms with Gasteiger partial charge in [0, 0.05) is 47.7 Å². The number of hydrogen-bond donors (Lipinski definition) is 3. The zero-order chi connectivity index (χ0) is 39.2. The van der Waals surface area contributed by atoms with Gasteiger partial charge in [0.25, 0.3) is 0 Å². The van der Waals surface area contributed by atoms with Gasteiger partial charge in [-0.1, -0.05) is 33.8 Å². The normalized spacial score (nSPS) is 54.2. The highest BCUT2D eigenvalue weighted by Crippen LogP contribution is 2.97. The van der Waals surface area contributed by atoms with Crippen molar-refractivity contribution in [1.82, 2.24) is 0 Å². The fourth-order valence-electron chi connectivity index (χ4n) is 22.9. The van der Waals surface area contributed by atoms with Crippen molar-refractivity contribution in [3.05, 3.63) is 63.7 Å². The first-order valence-corrected chi connectivity index (χ1v) is 23.3. The molecule has 15 rings (SSSR count). The molecule has 0 aliphatic heterocycles. The number of carbonyl (C=O) groups excluding carboxylic acids is 1. The molecule has 12 aliphatic carbocycles. The van der Waals surface area contributed by atoms with Gasteiger partial charge in [0.15, 0.2) is 0 Å². The van der Waals surface area contributed by atoms with E-state index in [4.69, 9.17) is 9.47 Å². The van der Waals surface area contributed by atoms with Crippen molar-refractivity contribution in [3.63, 3.8) is 0 Å². The third-order valence-corrected chi connectivity index (χ3v) is 23.7. The van der Waals surface area contributed by atoms with Gasteiger partial charge in [-0.05, 0) is 200 Å². The van der Waals surface area contributed by atoms with Gasteiger partial charge >= 0.3 is 0 Å². The molecule has 9 fully saturated rings. The standard InChI is InChI=1S/C52H59NO5/c1-19(56)53-20-8-9-21-22(10-20)26-13-25(21)39-40(26)50(3)42-28-14-27(41(42)49(39,50)2)23-11-31-32(12-24(23)28)48(58-7)38-34-16-33(37(38)47(31)57-6)45-46(34)52(5)44-30-15-29(43(44)51(45,52)4)35(17-54)36(30)18-55/h8-12,25-30,33-36,39-46,54-55H,13-18H2,1-7H3,(H,53,56)/t25-,26?,27+,28-,29+,30-,33+,34?,35-,36+,39?,40?,41?,42?,43?,44?,45?,46?,49-,50?,51+,52?/m0/s1. The number of anilines is 1. The van der Waals surface area contributed by atoms with E-state index in [1.165, 1.54) is 53.1 Å². The molecule has 3 N–H and O–H groups in total. The lowest BCUT2D eigenvalue weighted by molar-refractivity contribution is -0.371. The second-order valence-corrected chi connectivity index (χ2v) is 23.4. The summed E-state index contributed by atoms with van der Waals surface area (Å²) in [6.07, 6.45) is 5.01. The summed E-state index contributed by atoms with van der Waals surface area (Å²) >= 11 is 0. The number of fused-ring (bicyclic) bond motifs is 40. The van der Waals surface area contributed by atoms with Crippen LogP contribution in [-0.4, -0.2) is 43.6 Å². The van der Waals surface area contributed by atoms with Crippen molar-refractivity contribution in [2.45, 2.75) is 95.8 Å². The van der Waals surface area contributed by atoms with E-state index in [0.717, 1.165) is 40.9 Å². The summed E-state index contributed by atoms with van der Waals surface area (Å²) in [7, 11) is 3.86. The highest BCUT2D eigenvalue weighted by Gasteiger charge is 2.91. The molecule has 0 aromatic heterocycles. The SMILES string of the molecule is COc1c2c(c(OC)c3cc4c(cc13)[C@@H]1C[C@H]4C3C1C1(C)C4C5C[C@@H](c6ccc(NC(C)=O)cc65)C4[C@@]31C)[C@H]1CC2C2C1[C@@]1(C)C3C([C@H]4C[C@@H]3[C@H](CO)[C@@H]4CO)C21C. The average Bonchev–Trinajstić information content (AvgIpc) is 4.10. The molecular weight excluding hydrogens is 719 g/mol. The number of benzene rings is 3. The Balaban J connectivity index is 0.832. The molecule has 302 valence electrons. The predicted octanol–water partition coefficient (Wildman–Crippen LogP) is 9.14. The molecule has 3 aromatic rings. The van der Waals surface area contributed by atoms with Gasteiger partial charge < -0.3 is 25.0 Å². The maximum atomic E-state index is 12.0. The Morgan fingerprint density at radius 1 is 0.586 bits per heavy atom. The molecule has 1 amide bonds. The molecular formula is C52H59NO5. The van der Waals surface area contributed by atoms with Crippen LogP contribution in [-0.2, 0) is 4.79 Å². The van der Waals surface area contributed by atoms with Crippen LogP contribution in [0, 0.1) is 92.7 Å². The van der Waals surface area contributed by atoms with Gasteiger partial charge in [0.2, 0.25) is 5.91 Å². The summed E-state index contributed by atoms with van der Waals surface area (Å²) in [5.41, 5.74) is 11.5. The van der Waals surface area contributed by atoms with Gasteiger partial charge in [-0.3, -0.25) is 4.79 Å². The van der Waals surface area contributed by atoms with Crippen molar-refractivity contribution < 1.29 is 24.5 Å². The summed E-state index contributed by atoms with van der Waals surface area (Å²) < 4.78 is 13.3. The van der Waals surface area contributed by atoms with Crippen molar-refractivity contribution in [2.75, 3.05) is 32.8 Å². The summed E-state index contributed by atoms with van der Waals surface area (Å²) in [6, 6.07) is 12.1. The average molecular weight is 778 g/mol. The first-order chi connectivity index (χ1) is 27.9. The van der Waals surface area contributed by atoms with E-state index in [1.54, 1.807) is 23.6 Å². The molecule has 12 aliphatic rings. The Morgan fingerprint density at radius 2 is 0.983 bits per heavy atom. The van der Waals surface area contributed by atoms with E-state index in [-0.39, 0.29) is 41.8 Å². The van der Waals surface area contributed by atoms with Crippen molar-refractivity contribution >= 4 is 22.4 Å². The Labute approximate surface area is 342 Å². The quantitative estimate of drug-likeness (QED) is 0.225. The minimum absolute atomic E-state index is 0.0112. The van der Waals surface area contributed by atoms with Crippen LogP contribution in [0.2, 0.25) is 0 Å². The van der Waals surface area contributed by atoms with Crippen LogP contribution in [0.3, 0.4) is 0 Å². The molecule has 6 heteroatoms. The third kappa shape index (κ3) is 2.84. The number of hydrogen-bond acceptors (Lipinski definition) is 5. The molecule has 0 heterocycles. The molecule has 0 radical (unpaired) electrons. The van der Waals surface area contributed by atoms with E-state index in [1.807, 2.05) is 14.2 Å². The lowest BCUT2D eigenvalue weighted by atomic mass is 9.19. The van der Waals surface area contributed by atoms with Crippen LogP contribution >= 0.6 is 0 Å². The largest absolute Gasteiger partial charge is 0.496 e. The molecule has 0 spiro atoms. The molecule has 12 unspecified atom stereocenters. The Bertz CT molecular complexity index is 2510. The van der Waals surface area contributed by atoms with Crippen molar-refractivity contribution in [2.24, 2.45) is 92.7 Å². The monoisotopic (exact) mass is 777 g/mol. The number of amides is 1. The van der Waals surface area contributed by atoms with Crippen molar-refractivity contribution in [1.29, 1.82) is 0 Å². The number of carbonyl (C=O) groups is 1. The summed E-state index contributed by atoms with van der Waals surface area (Å²) in [5, 5.41) is 26.8. The Kier molecular flexibility index (Phi) is 5.60. The van der Waals surface area contributed by atoms with Gasteiger partial charge in [-0.15, -0.1) is 0 Å². The predicted molar refractivity (Wildman–Crippen MR) is 221 cm³/mol. The molecule has 22 atom stereocenters. The Morgan fingerprint density at radius 3 is 1.41 bits per heavy atom. The summed E-state index contributed by atoms with van der Waals surface area (Å²) in [6.45, 7) is 12.8. The molecule has 6 nitrogen and oxygen atoms in total. The van der Waals surface area contributed by atoms with Gasteiger partial charge in [0.1, 0.15) is 11.5 Å². The van der Waals surface area contributed by atoms with Gasteiger partial charge in [0.05, 0.1) is 14.2 Å². The number of methoxy groups -OCH3 is 2. The summed E-state index contributed by atoms with van der Waals surface area (Å²) in [5.74, 6) is 13.1. The minimum atomic E-state index is 0.0112. The first-order valence-electron chi connectivity index (χ1n) is 23.3. The maximum Gasteiger partial charge on any atom is 0.221 e. The third-order valence-electron chi connectivity index (χ3n) is 23.7. The molecule has 58 heavy (non-hydrogen) atoms.